The monoisotopic (exact) mass is 253 g/mol. The molecule has 0 aliphatic carbocycles. The molecule has 1 unspecified atom stereocenters. The molecular weight excluding hydrogens is 234 g/mol. The molecule has 1 N–H and O–H groups in total. The summed E-state index contributed by atoms with van der Waals surface area (Å²) in [7, 11) is 2.05. The minimum absolute atomic E-state index is 0.0242. The van der Waals surface area contributed by atoms with Crippen LogP contribution in [-0.4, -0.2) is 27.6 Å². The number of nitrogens with zero attached hydrogens (tertiary/aromatic N) is 3. The number of aliphatic hydroxyl groups is 1. The summed E-state index contributed by atoms with van der Waals surface area (Å²) in [4.78, 5) is 7.70. The molecule has 0 aliphatic heterocycles. The third-order valence-electron chi connectivity index (χ3n) is 3.19. The molecule has 2 aromatic rings. The van der Waals surface area contributed by atoms with Gasteiger partial charge in [0.05, 0.1) is 12.3 Å². The Bertz CT molecular complexity index is 491. The van der Waals surface area contributed by atoms with E-state index in [1.807, 2.05) is 23.0 Å². The molecule has 2 rings (SSSR count). The molecule has 0 amide bonds. The highest BCUT2D eigenvalue weighted by Crippen LogP contribution is 2.25. The number of imidazole rings is 1. The molecule has 0 radical (unpaired) electrons. The van der Waals surface area contributed by atoms with Gasteiger partial charge in [-0.25, -0.2) is 4.98 Å². The van der Waals surface area contributed by atoms with E-state index in [0.717, 1.165) is 29.3 Å². The molecule has 0 spiro atoms. The Hall–Kier alpha value is -1.07. The molecule has 1 atom stereocenters. The van der Waals surface area contributed by atoms with Gasteiger partial charge in [-0.3, -0.25) is 4.40 Å². The van der Waals surface area contributed by atoms with Crippen LogP contribution >= 0.6 is 11.3 Å². The zero-order valence-electron chi connectivity index (χ0n) is 10.6. The number of anilines is 1. The van der Waals surface area contributed by atoms with Gasteiger partial charge in [-0.05, 0) is 13.3 Å². The molecule has 2 aromatic heterocycles. The Morgan fingerprint density at radius 1 is 1.59 bits per heavy atom. The molecule has 0 fully saturated rings. The molecule has 0 aromatic carbocycles. The number of fused-ring (bicyclic) bond motifs is 1. The second-order valence-electron chi connectivity index (χ2n) is 4.34. The lowest BCUT2D eigenvalue weighted by Gasteiger charge is -2.25. The number of rotatable bonds is 5. The Morgan fingerprint density at radius 2 is 2.35 bits per heavy atom. The van der Waals surface area contributed by atoms with Crippen LogP contribution in [0.5, 0.6) is 0 Å². The van der Waals surface area contributed by atoms with E-state index in [0.29, 0.717) is 6.04 Å². The van der Waals surface area contributed by atoms with Crippen molar-refractivity contribution in [3.8, 4) is 0 Å². The van der Waals surface area contributed by atoms with Gasteiger partial charge >= 0.3 is 0 Å². The minimum Gasteiger partial charge on any atom is -0.390 e. The van der Waals surface area contributed by atoms with E-state index in [1.54, 1.807) is 11.3 Å². The number of hydrogen-bond acceptors (Lipinski definition) is 4. The number of aliphatic hydroxyl groups excluding tert-OH is 1. The Morgan fingerprint density at radius 3 is 3.00 bits per heavy atom. The summed E-state index contributed by atoms with van der Waals surface area (Å²) in [5.41, 5.74) is 0.881. The van der Waals surface area contributed by atoms with Crippen LogP contribution in [0, 0.1) is 0 Å². The molecular formula is C12H19N3OS. The fourth-order valence-electron chi connectivity index (χ4n) is 2.07. The fourth-order valence-corrected chi connectivity index (χ4v) is 2.80. The summed E-state index contributed by atoms with van der Waals surface area (Å²) in [6.07, 6.45) is 4.25. The van der Waals surface area contributed by atoms with Gasteiger partial charge in [-0.15, -0.1) is 11.3 Å². The first kappa shape index (κ1) is 12.4. The van der Waals surface area contributed by atoms with Crippen molar-refractivity contribution in [2.45, 2.75) is 39.3 Å². The van der Waals surface area contributed by atoms with E-state index in [2.05, 4.69) is 23.7 Å². The zero-order chi connectivity index (χ0) is 12.4. The standard InChI is InChI=1S/C12H19N3OS/c1-4-5-9(2)14(3)11-10(8-16)15-6-7-17-12(15)13-11/h6-7,9,16H,4-5,8H2,1-3H3. The van der Waals surface area contributed by atoms with Gasteiger partial charge in [-0.1, -0.05) is 13.3 Å². The van der Waals surface area contributed by atoms with Crippen molar-refractivity contribution in [2.24, 2.45) is 0 Å². The van der Waals surface area contributed by atoms with Gasteiger partial charge in [0.15, 0.2) is 10.8 Å². The van der Waals surface area contributed by atoms with Gasteiger partial charge in [0.1, 0.15) is 0 Å². The topological polar surface area (TPSA) is 40.8 Å². The van der Waals surface area contributed by atoms with Crippen LogP contribution < -0.4 is 4.90 Å². The van der Waals surface area contributed by atoms with Crippen molar-refractivity contribution in [3.63, 3.8) is 0 Å². The van der Waals surface area contributed by atoms with Gasteiger partial charge in [-0.2, -0.15) is 0 Å². The van der Waals surface area contributed by atoms with Gasteiger partial charge in [0.25, 0.3) is 0 Å². The van der Waals surface area contributed by atoms with Crippen molar-refractivity contribution in [1.29, 1.82) is 0 Å². The normalized spacial score (nSPS) is 13.2. The Kier molecular flexibility index (Phi) is 3.69. The maximum Gasteiger partial charge on any atom is 0.195 e. The van der Waals surface area contributed by atoms with Crippen molar-refractivity contribution < 1.29 is 5.11 Å². The van der Waals surface area contributed by atoms with Crippen LogP contribution in [-0.2, 0) is 6.61 Å². The molecule has 17 heavy (non-hydrogen) atoms. The lowest BCUT2D eigenvalue weighted by Crippen LogP contribution is -2.29. The van der Waals surface area contributed by atoms with E-state index in [9.17, 15) is 5.11 Å². The highest BCUT2D eigenvalue weighted by atomic mass is 32.1. The highest BCUT2D eigenvalue weighted by Gasteiger charge is 2.18. The van der Waals surface area contributed by atoms with Crippen LogP contribution in [0.1, 0.15) is 32.4 Å². The third-order valence-corrected chi connectivity index (χ3v) is 3.95. The molecule has 2 heterocycles. The quantitative estimate of drug-likeness (QED) is 0.890. The van der Waals surface area contributed by atoms with Crippen molar-refractivity contribution in [2.75, 3.05) is 11.9 Å². The molecule has 0 bridgehead atoms. The maximum absolute atomic E-state index is 9.50. The summed E-state index contributed by atoms with van der Waals surface area (Å²) < 4.78 is 1.97. The van der Waals surface area contributed by atoms with Crippen molar-refractivity contribution in [3.05, 3.63) is 17.3 Å². The van der Waals surface area contributed by atoms with E-state index in [1.165, 1.54) is 0 Å². The van der Waals surface area contributed by atoms with Gasteiger partial charge in [0.2, 0.25) is 0 Å². The zero-order valence-corrected chi connectivity index (χ0v) is 11.4. The van der Waals surface area contributed by atoms with Crippen LogP contribution in [0.15, 0.2) is 11.6 Å². The molecule has 94 valence electrons. The van der Waals surface area contributed by atoms with E-state index >= 15 is 0 Å². The smallest absolute Gasteiger partial charge is 0.195 e. The van der Waals surface area contributed by atoms with Crippen LogP contribution in [0.3, 0.4) is 0 Å². The first-order chi connectivity index (χ1) is 8.19. The maximum atomic E-state index is 9.50. The fraction of sp³-hybridized carbons (Fsp3) is 0.583. The lowest BCUT2D eigenvalue weighted by molar-refractivity contribution is 0.276. The average Bonchev–Trinajstić information content (AvgIpc) is 2.87. The predicted octanol–water partition coefficient (Wildman–Crippen LogP) is 2.51. The van der Waals surface area contributed by atoms with Crippen LogP contribution in [0.25, 0.3) is 4.96 Å². The second kappa shape index (κ2) is 5.06. The Labute approximate surface area is 106 Å². The van der Waals surface area contributed by atoms with Crippen LogP contribution in [0.4, 0.5) is 5.82 Å². The van der Waals surface area contributed by atoms with Crippen molar-refractivity contribution >= 4 is 22.1 Å². The first-order valence-electron chi connectivity index (χ1n) is 5.97. The largest absolute Gasteiger partial charge is 0.390 e. The van der Waals surface area contributed by atoms with E-state index in [4.69, 9.17) is 0 Å². The molecule has 0 saturated carbocycles. The first-order valence-corrected chi connectivity index (χ1v) is 6.85. The van der Waals surface area contributed by atoms with Crippen molar-refractivity contribution in [1.82, 2.24) is 9.38 Å². The summed E-state index contributed by atoms with van der Waals surface area (Å²) in [6.45, 7) is 4.40. The Balaban J connectivity index is 2.36. The predicted molar refractivity (Wildman–Crippen MR) is 71.8 cm³/mol. The van der Waals surface area contributed by atoms with E-state index in [-0.39, 0.29) is 6.61 Å². The molecule has 0 aliphatic rings. The highest BCUT2D eigenvalue weighted by molar-refractivity contribution is 7.15. The molecule has 4 nitrogen and oxygen atoms in total. The summed E-state index contributed by atoms with van der Waals surface area (Å²) in [5.74, 6) is 0.903. The summed E-state index contributed by atoms with van der Waals surface area (Å²) in [6, 6.07) is 0.440. The minimum atomic E-state index is 0.0242. The van der Waals surface area contributed by atoms with Gasteiger partial charge in [0, 0.05) is 24.7 Å². The summed E-state index contributed by atoms with van der Waals surface area (Å²) >= 11 is 1.59. The number of thiazole rings is 1. The number of aromatic nitrogens is 2. The lowest BCUT2D eigenvalue weighted by atomic mass is 10.2. The third kappa shape index (κ3) is 2.17. The molecule has 5 heteroatoms. The van der Waals surface area contributed by atoms with E-state index < -0.39 is 0 Å². The van der Waals surface area contributed by atoms with Crippen LogP contribution in [0.2, 0.25) is 0 Å². The number of hydrogen-bond donors (Lipinski definition) is 1. The average molecular weight is 253 g/mol. The van der Waals surface area contributed by atoms with Gasteiger partial charge < -0.3 is 10.0 Å². The SMILES string of the molecule is CCCC(C)N(C)c1nc2sccn2c1CO. The molecule has 0 saturated heterocycles. The second-order valence-corrected chi connectivity index (χ2v) is 5.22. The summed E-state index contributed by atoms with van der Waals surface area (Å²) in [5, 5.41) is 11.5.